The molecule has 0 aliphatic carbocycles. The molecule has 1 N–H and O–H groups in total. The summed E-state index contributed by atoms with van der Waals surface area (Å²) in [6, 6.07) is 0. The molecule has 0 bridgehead atoms. The second kappa shape index (κ2) is 9.33. The number of hydrogen-bond acceptors (Lipinski definition) is 5. The lowest BCUT2D eigenvalue weighted by atomic mass is 10.2. The van der Waals surface area contributed by atoms with Gasteiger partial charge in [0.25, 0.3) is 0 Å². The van der Waals surface area contributed by atoms with Crippen LogP contribution in [0.15, 0.2) is 0 Å². The van der Waals surface area contributed by atoms with E-state index in [4.69, 9.17) is 4.74 Å². The first kappa shape index (κ1) is 19.2. The van der Waals surface area contributed by atoms with Crippen LogP contribution in [0.25, 0.3) is 0 Å². The van der Waals surface area contributed by atoms with E-state index in [1.54, 1.807) is 0 Å². The molecule has 6 heteroatoms. The second-order valence-electron chi connectivity index (χ2n) is 6.79. The van der Waals surface area contributed by atoms with E-state index >= 15 is 0 Å². The summed E-state index contributed by atoms with van der Waals surface area (Å²) in [7, 11) is 0. The molecule has 130 valence electrons. The van der Waals surface area contributed by atoms with Crippen molar-refractivity contribution in [3.63, 3.8) is 0 Å². The lowest BCUT2D eigenvalue weighted by molar-refractivity contribution is 0.00899. The van der Waals surface area contributed by atoms with Crippen LogP contribution in [0.3, 0.4) is 0 Å². The monoisotopic (exact) mass is 314 g/mol. The zero-order chi connectivity index (χ0) is 16.6. The molecule has 1 heterocycles. The Kier molecular flexibility index (Phi) is 8.14. The Morgan fingerprint density at radius 3 is 2.32 bits per heavy atom. The third kappa shape index (κ3) is 7.42. The molecular formula is C16H34N4O2. The first-order valence-electron chi connectivity index (χ1n) is 8.49. The highest BCUT2D eigenvalue weighted by Gasteiger charge is 2.26. The third-order valence-corrected chi connectivity index (χ3v) is 3.73. The van der Waals surface area contributed by atoms with Crippen molar-refractivity contribution in [1.29, 1.82) is 0 Å². The molecular weight excluding hydrogens is 280 g/mol. The number of nitrogens with zero attached hydrogens (tertiary/aromatic N) is 3. The smallest absolute Gasteiger partial charge is 0.410 e. The fourth-order valence-corrected chi connectivity index (χ4v) is 2.42. The quantitative estimate of drug-likeness (QED) is 0.720. The van der Waals surface area contributed by atoms with Crippen LogP contribution in [0.2, 0.25) is 0 Å². The van der Waals surface area contributed by atoms with Crippen molar-refractivity contribution in [2.75, 3.05) is 59.0 Å². The van der Waals surface area contributed by atoms with Gasteiger partial charge >= 0.3 is 6.09 Å². The first-order chi connectivity index (χ1) is 10.4. The van der Waals surface area contributed by atoms with E-state index in [1.807, 2.05) is 25.7 Å². The predicted molar refractivity (Wildman–Crippen MR) is 90.0 cm³/mol. The lowest BCUT2D eigenvalue weighted by Crippen LogP contribution is -2.52. The maximum Gasteiger partial charge on any atom is 0.410 e. The van der Waals surface area contributed by atoms with Gasteiger partial charge in [-0.05, 0) is 33.9 Å². The van der Waals surface area contributed by atoms with Crippen molar-refractivity contribution in [1.82, 2.24) is 20.0 Å². The molecule has 0 aromatic heterocycles. The number of nitrogens with one attached hydrogen (secondary N) is 1. The zero-order valence-electron chi connectivity index (χ0n) is 15.0. The molecule has 1 amide bonds. The van der Waals surface area contributed by atoms with E-state index < -0.39 is 5.60 Å². The molecule has 0 aromatic carbocycles. The highest BCUT2D eigenvalue weighted by molar-refractivity contribution is 5.68. The van der Waals surface area contributed by atoms with Crippen LogP contribution in [-0.4, -0.2) is 85.4 Å². The first-order valence-corrected chi connectivity index (χ1v) is 8.49. The Hall–Kier alpha value is -0.850. The molecule has 0 saturated carbocycles. The molecule has 0 aromatic rings. The number of ether oxygens (including phenoxy) is 1. The number of rotatable bonds is 7. The van der Waals surface area contributed by atoms with Crippen LogP contribution in [0.4, 0.5) is 4.79 Å². The Balaban J connectivity index is 2.30. The number of hydrogen-bond donors (Lipinski definition) is 1. The molecule has 1 aliphatic heterocycles. The molecule has 22 heavy (non-hydrogen) atoms. The average molecular weight is 314 g/mol. The summed E-state index contributed by atoms with van der Waals surface area (Å²) in [5.74, 6) is 0. The summed E-state index contributed by atoms with van der Waals surface area (Å²) in [5, 5.41) is 3.36. The van der Waals surface area contributed by atoms with Crippen molar-refractivity contribution in [3.05, 3.63) is 0 Å². The fourth-order valence-electron chi connectivity index (χ4n) is 2.42. The molecule has 1 saturated heterocycles. The van der Waals surface area contributed by atoms with Crippen LogP contribution >= 0.6 is 0 Å². The summed E-state index contributed by atoms with van der Waals surface area (Å²) in [5.41, 5.74) is -0.417. The summed E-state index contributed by atoms with van der Waals surface area (Å²) in [6.45, 7) is 18.5. The van der Waals surface area contributed by atoms with E-state index in [0.717, 1.165) is 59.0 Å². The van der Waals surface area contributed by atoms with Gasteiger partial charge in [0.2, 0.25) is 0 Å². The van der Waals surface area contributed by atoms with Gasteiger partial charge in [-0.2, -0.15) is 0 Å². The minimum atomic E-state index is -0.417. The van der Waals surface area contributed by atoms with E-state index in [0.29, 0.717) is 0 Å². The normalized spacial score (nSPS) is 17.1. The van der Waals surface area contributed by atoms with E-state index in [-0.39, 0.29) is 6.09 Å². The molecule has 0 spiro atoms. The Morgan fingerprint density at radius 1 is 1.18 bits per heavy atom. The molecule has 0 radical (unpaired) electrons. The van der Waals surface area contributed by atoms with E-state index in [9.17, 15) is 4.79 Å². The second-order valence-corrected chi connectivity index (χ2v) is 6.79. The third-order valence-electron chi connectivity index (χ3n) is 3.73. The van der Waals surface area contributed by atoms with Crippen LogP contribution < -0.4 is 5.32 Å². The van der Waals surface area contributed by atoms with Gasteiger partial charge in [0.15, 0.2) is 0 Å². The summed E-state index contributed by atoms with van der Waals surface area (Å²) >= 11 is 0. The van der Waals surface area contributed by atoms with Crippen LogP contribution in [-0.2, 0) is 4.74 Å². The molecule has 1 aliphatic rings. The minimum Gasteiger partial charge on any atom is -0.444 e. The van der Waals surface area contributed by atoms with Gasteiger partial charge in [-0.1, -0.05) is 13.8 Å². The number of piperazine rings is 1. The SMILES string of the molecule is CCNCCN(CC)CN1CCN(C(=O)OC(C)(C)C)CC1. The highest BCUT2D eigenvalue weighted by atomic mass is 16.6. The maximum atomic E-state index is 12.0. The van der Waals surface area contributed by atoms with Gasteiger partial charge in [-0.15, -0.1) is 0 Å². The van der Waals surface area contributed by atoms with Crippen LogP contribution in [0.5, 0.6) is 0 Å². The molecule has 6 nitrogen and oxygen atoms in total. The number of likely N-dealkylation sites (N-methyl/N-ethyl adjacent to an activating group) is 2. The van der Waals surface area contributed by atoms with Crippen molar-refractivity contribution in [3.8, 4) is 0 Å². The van der Waals surface area contributed by atoms with Gasteiger partial charge in [0.05, 0.1) is 6.67 Å². The van der Waals surface area contributed by atoms with Crippen LogP contribution in [0, 0.1) is 0 Å². The zero-order valence-corrected chi connectivity index (χ0v) is 15.0. The summed E-state index contributed by atoms with van der Waals surface area (Å²) in [4.78, 5) is 18.7. The van der Waals surface area contributed by atoms with Gasteiger partial charge in [0.1, 0.15) is 5.60 Å². The number of carbonyl (C=O) groups excluding carboxylic acids is 1. The van der Waals surface area contributed by atoms with E-state index in [1.165, 1.54) is 0 Å². The largest absolute Gasteiger partial charge is 0.444 e. The number of amides is 1. The van der Waals surface area contributed by atoms with Crippen molar-refractivity contribution in [2.24, 2.45) is 0 Å². The molecule has 1 fully saturated rings. The van der Waals surface area contributed by atoms with Crippen molar-refractivity contribution < 1.29 is 9.53 Å². The lowest BCUT2D eigenvalue weighted by Gasteiger charge is -2.37. The standard InChI is InChI=1S/C16H34N4O2/c1-6-17-8-9-18(7-2)14-19-10-12-20(13-11-19)15(21)22-16(3,4)5/h17H,6-14H2,1-5H3. The minimum absolute atomic E-state index is 0.188. The topological polar surface area (TPSA) is 48.0 Å². The maximum absolute atomic E-state index is 12.0. The Labute approximate surface area is 135 Å². The highest BCUT2D eigenvalue weighted by Crippen LogP contribution is 2.12. The summed E-state index contributed by atoms with van der Waals surface area (Å²) in [6.07, 6.45) is -0.188. The van der Waals surface area contributed by atoms with Crippen molar-refractivity contribution >= 4 is 6.09 Å². The Morgan fingerprint density at radius 2 is 1.82 bits per heavy atom. The van der Waals surface area contributed by atoms with Gasteiger partial charge in [-0.25, -0.2) is 4.79 Å². The summed E-state index contributed by atoms with van der Waals surface area (Å²) < 4.78 is 5.43. The van der Waals surface area contributed by atoms with Crippen LogP contribution in [0.1, 0.15) is 34.6 Å². The molecule has 0 unspecified atom stereocenters. The van der Waals surface area contributed by atoms with Crippen molar-refractivity contribution in [2.45, 2.75) is 40.2 Å². The number of carbonyl (C=O) groups is 1. The van der Waals surface area contributed by atoms with E-state index in [2.05, 4.69) is 29.0 Å². The molecule has 1 rings (SSSR count). The van der Waals surface area contributed by atoms with Gasteiger partial charge in [0, 0.05) is 39.3 Å². The van der Waals surface area contributed by atoms with Gasteiger partial charge < -0.3 is 15.0 Å². The molecule has 0 atom stereocenters. The average Bonchev–Trinajstić information content (AvgIpc) is 2.45. The van der Waals surface area contributed by atoms with Gasteiger partial charge in [-0.3, -0.25) is 9.80 Å². The Bertz CT molecular complexity index is 323. The predicted octanol–water partition coefficient (Wildman–Crippen LogP) is 1.43. The fraction of sp³-hybridized carbons (Fsp3) is 0.938.